The minimum atomic E-state index is -0.301. The number of nitrogens with two attached hydrogens (primary N) is 1. The zero-order valence-electron chi connectivity index (χ0n) is 20.4. The maximum Gasteiger partial charge on any atom is 0.276 e. The first-order valence-corrected chi connectivity index (χ1v) is 12.5. The van der Waals surface area contributed by atoms with Crippen molar-refractivity contribution in [3.05, 3.63) is 39.8 Å². The number of ether oxygens (including phenoxy) is 1. The van der Waals surface area contributed by atoms with Crippen LogP contribution in [0.15, 0.2) is 22.6 Å². The molecule has 1 saturated heterocycles. The number of rotatable bonds is 5. The standard InChI is InChI=1S/C23H26Cl2N8O4/c1-30-11-36-12-31(2)22(35)18-20(30)27-23(32-7-5-13(6-8-32)19(26)34)33(18)10-17-28-29-21(37-17)14-3-4-15(24)16(25)9-14/h3-4,9,13H,5-8,10-12H2,1-2H3,(H2,26,34). The van der Waals surface area contributed by atoms with Crippen LogP contribution < -0.4 is 15.5 Å². The van der Waals surface area contributed by atoms with Gasteiger partial charge in [-0.2, -0.15) is 4.98 Å². The van der Waals surface area contributed by atoms with E-state index in [1.807, 2.05) is 11.9 Å². The van der Waals surface area contributed by atoms with Gasteiger partial charge < -0.3 is 29.6 Å². The Hall–Kier alpha value is -3.35. The lowest BCUT2D eigenvalue weighted by atomic mass is 9.96. The first kappa shape index (κ1) is 25.3. The second-order valence-electron chi connectivity index (χ2n) is 9.13. The second-order valence-corrected chi connectivity index (χ2v) is 9.94. The Balaban J connectivity index is 1.53. The predicted molar refractivity (Wildman–Crippen MR) is 137 cm³/mol. The molecule has 5 rings (SSSR count). The number of amides is 2. The largest absolute Gasteiger partial charge is 0.419 e. The van der Waals surface area contributed by atoms with Crippen molar-refractivity contribution in [3.63, 3.8) is 0 Å². The predicted octanol–water partition coefficient (Wildman–Crippen LogP) is 2.44. The zero-order chi connectivity index (χ0) is 26.3. The van der Waals surface area contributed by atoms with E-state index >= 15 is 0 Å². The molecule has 14 heteroatoms. The van der Waals surface area contributed by atoms with Crippen molar-refractivity contribution < 1.29 is 18.7 Å². The van der Waals surface area contributed by atoms with Gasteiger partial charge in [0, 0.05) is 38.7 Å². The number of imidazole rings is 1. The average molecular weight is 549 g/mol. The van der Waals surface area contributed by atoms with Gasteiger partial charge in [-0.3, -0.25) is 14.2 Å². The fourth-order valence-corrected chi connectivity index (χ4v) is 4.77. The van der Waals surface area contributed by atoms with Crippen molar-refractivity contribution in [2.24, 2.45) is 11.7 Å². The van der Waals surface area contributed by atoms with Crippen LogP contribution >= 0.6 is 23.2 Å². The summed E-state index contributed by atoms with van der Waals surface area (Å²) in [6.07, 6.45) is 1.20. The summed E-state index contributed by atoms with van der Waals surface area (Å²) in [5.74, 6) is 0.862. The molecule has 196 valence electrons. The Bertz CT molecular complexity index is 1330. The molecule has 2 aromatic heterocycles. The van der Waals surface area contributed by atoms with Crippen LogP contribution in [0.3, 0.4) is 0 Å². The molecule has 37 heavy (non-hydrogen) atoms. The number of carbonyl (C=O) groups is 2. The van der Waals surface area contributed by atoms with E-state index in [0.29, 0.717) is 59.0 Å². The minimum absolute atomic E-state index is 0.107. The molecular weight excluding hydrogens is 523 g/mol. The molecule has 1 fully saturated rings. The fourth-order valence-electron chi connectivity index (χ4n) is 4.47. The van der Waals surface area contributed by atoms with Crippen molar-refractivity contribution in [2.45, 2.75) is 19.4 Å². The van der Waals surface area contributed by atoms with Crippen LogP contribution in [-0.4, -0.2) is 77.1 Å². The van der Waals surface area contributed by atoms with Crippen LogP contribution in [-0.2, 0) is 16.1 Å². The van der Waals surface area contributed by atoms with Crippen LogP contribution in [0.1, 0.15) is 29.2 Å². The third-order valence-corrected chi connectivity index (χ3v) is 7.26. The lowest BCUT2D eigenvalue weighted by molar-refractivity contribution is -0.122. The first-order valence-electron chi connectivity index (χ1n) is 11.7. The number of piperidine rings is 1. The number of halogens is 2. The Morgan fingerprint density at radius 1 is 1.11 bits per heavy atom. The summed E-state index contributed by atoms with van der Waals surface area (Å²) in [5, 5.41) is 9.16. The number of carbonyl (C=O) groups excluding carboxylic acids is 2. The topological polar surface area (TPSA) is 136 Å². The van der Waals surface area contributed by atoms with Gasteiger partial charge in [0.2, 0.25) is 23.6 Å². The quantitative estimate of drug-likeness (QED) is 0.509. The SMILES string of the molecule is CN1COCN(C)c2nc(N3CCC(C(N)=O)CC3)n(Cc3nnc(-c4ccc(Cl)c(Cl)c4)o3)c2C1=O. The lowest BCUT2D eigenvalue weighted by Crippen LogP contribution is -2.40. The molecule has 0 unspecified atom stereocenters. The summed E-state index contributed by atoms with van der Waals surface area (Å²) < 4.78 is 13.3. The molecule has 0 aliphatic carbocycles. The molecule has 1 aromatic carbocycles. The number of primary amides is 1. The van der Waals surface area contributed by atoms with Crippen LogP contribution in [0.25, 0.3) is 11.5 Å². The van der Waals surface area contributed by atoms with E-state index in [0.717, 1.165) is 0 Å². The van der Waals surface area contributed by atoms with E-state index < -0.39 is 0 Å². The number of nitrogens with zero attached hydrogens (tertiary/aromatic N) is 7. The molecule has 2 N–H and O–H groups in total. The van der Waals surface area contributed by atoms with E-state index in [1.165, 1.54) is 4.90 Å². The van der Waals surface area contributed by atoms with Gasteiger partial charge in [-0.1, -0.05) is 23.2 Å². The Morgan fingerprint density at radius 2 is 1.84 bits per heavy atom. The highest BCUT2D eigenvalue weighted by molar-refractivity contribution is 6.42. The summed E-state index contributed by atoms with van der Waals surface area (Å²) in [4.78, 5) is 35.3. The zero-order valence-corrected chi connectivity index (χ0v) is 21.9. The normalized spacial score (nSPS) is 17.1. The van der Waals surface area contributed by atoms with Gasteiger partial charge in [0.1, 0.15) is 20.0 Å². The number of aromatic nitrogens is 4. The number of hydrogen-bond donors (Lipinski definition) is 1. The fraction of sp³-hybridized carbons (Fsp3) is 0.435. The van der Waals surface area contributed by atoms with Gasteiger partial charge in [-0.05, 0) is 31.0 Å². The van der Waals surface area contributed by atoms with E-state index in [2.05, 4.69) is 10.2 Å². The number of anilines is 2. The number of benzene rings is 1. The molecule has 0 bridgehead atoms. The minimum Gasteiger partial charge on any atom is -0.419 e. The van der Waals surface area contributed by atoms with E-state index in [-0.39, 0.29) is 49.5 Å². The molecule has 0 saturated carbocycles. The van der Waals surface area contributed by atoms with E-state index in [9.17, 15) is 9.59 Å². The third kappa shape index (κ3) is 4.96. The summed E-state index contributed by atoms with van der Waals surface area (Å²) >= 11 is 12.2. The third-order valence-electron chi connectivity index (χ3n) is 6.52. The van der Waals surface area contributed by atoms with E-state index in [4.69, 9.17) is 43.1 Å². The van der Waals surface area contributed by atoms with Crippen LogP contribution in [0.5, 0.6) is 0 Å². The smallest absolute Gasteiger partial charge is 0.276 e. The number of hydrogen-bond acceptors (Lipinski definition) is 9. The number of fused-ring (bicyclic) bond motifs is 1. The summed E-state index contributed by atoms with van der Waals surface area (Å²) in [5.41, 5.74) is 6.53. The Kier molecular flexibility index (Phi) is 6.97. The molecular formula is C23H26Cl2N8O4. The lowest BCUT2D eigenvalue weighted by Gasteiger charge is -2.31. The molecule has 0 atom stereocenters. The molecule has 12 nitrogen and oxygen atoms in total. The van der Waals surface area contributed by atoms with E-state index in [1.54, 1.807) is 34.7 Å². The van der Waals surface area contributed by atoms with Crippen molar-refractivity contribution in [1.82, 2.24) is 24.6 Å². The van der Waals surface area contributed by atoms with Gasteiger partial charge >= 0.3 is 0 Å². The van der Waals surface area contributed by atoms with Crippen molar-refractivity contribution in [3.8, 4) is 11.5 Å². The van der Waals surface area contributed by atoms with Gasteiger partial charge in [0.05, 0.1) is 10.0 Å². The van der Waals surface area contributed by atoms with Crippen molar-refractivity contribution in [2.75, 3.05) is 50.4 Å². The van der Waals surface area contributed by atoms with Crippen LogP contribution in [0.2, 0.25) is 10.0 Å². The van der Waals surface area contributed by atoms with Gasteiger partial charge in [-0.25, -0.2) is 0 Å². The van der Waals surface area contributed by atoms with Crippen molar-refractivity contribution >= 4 is 46.8 Å². The second kappa shape index (κ2) is 10.2. The molecule has 3 aromatic rings. The maximum atomic E-state index is 13.5. The summed E-state index contributed by atoms with van der Waals surface area (Å²) in [6.45, 7) is 1.62. The first-order chi connectivity index (χ1) is 17.7. The summed E-state index contributed by atoms with van der Waals surface area (Å²) in [7, 11) is 3.48. The highest BCUT2D eigenvalue weighted by Crippen LogP contribution is 2.33. The molecule has 4 heterocycles. The molecule has 2 amide bonds. The van der Waals surface area contributed by atoms with Crippen LogP contribution in [0.4, 0.5) is 11.8 Å². The van der Waals surface area contributed by atoms with Crippen molar-refractivity contribution in [1.29, 1.82) is 0 Å². The average Bonchev–Trinajstić information content (AvgIpc) is 3.50. The Labute approximate surface area is 222 Å². The van der Waals surface area contributed by atoms with Gasteiger partial charge in [0.25, 0.3) is 5.91 Å². The monoisotopic (exact) mass is 548 g/mol. The summed E-state index contributed by atoms with van der Waals surface area (Å²) in [6, 6.07) is 5.04. The Morgan fingerprint density at radius 3 is 2.54 bits per heavy atom. The highest BCUT2D eigenvalue weighted by atomic mass is 35.5. The molecule has 0 radical (unpaired) electrons. The molecule has 2 aliphatic heterocycles. The molecule has 2 aliphatic rings. The maximum absolute atomic E-state index is 13.5. The van der Waals surface area contributed by atoms with Gasteiger partial charge in [0.15, 0.2) is 11.5 Å². The highest BCUT2D eigenvalue weighted by Gasteiger charge is 2.34. The van der Waals surface area contributed by atoms with Gasteiger partial charge in [-0.15, -0.1) is 10.2 Å². The molecule has 0 spiro atoms. The van der Waals surface area contributed by atoms with Crippen LogP contribution in [0, 0.1) is 5.92 Å².